The van der Waals surface area contributed by atoms with Crippen LogP contribution in [0.5, 0.6) is 0 Å². The van der Waals surface area contributed by atoms with Crippen molar-refractivity contribution in [1.82, 2.24) is 9.88 Å². The summed E-state index contributed by atoms with van der Waals surface area (Å²) < 4.78 is 0. The average molecular weight is 253 g/mol. The van der Waals surface area contributed by atoms with E-state index in [1.54, 1.807) is 12.3 Å². The van der Waals surface area contributed by atoms with E-state index in [-0.39, 0.29) is 5.91 Å². The second-order valence-electron chi connectivity index (χ2n) is 4.72. The number of fused-ring (bicyclic) bond motifs is 1. The Morgan fingerprint density at radius 3 is 2.89 bits per heavy atom. The van der Waals surface area contributed by atoms with E-state index in [0.29, 0.717) is 18.8 Å². The van der Waals surface area contributed by atoms with E-state index in [2.05, 4.69) is 4.98 Å². The fourth-order valence-corrected chi connectivity index (χ4v) is 2.40. The standard InChI is InChI=1S/C15H15N3O/c16-13-5-4-12-10-18(8-6-11(12)9-13)15(19)14-3-1-2-7-17-14/h1-5,7,9H,6,8,10,16H2. The van der Waals surface area contributed by atoms with Crippen molar-refractivity contribution in [1.29, 1.82) is 0 Å². The Morgan fingerprint density at radius 1 is 1.21 bits per heavy atom. The van der Waals surface area contributed by atoms with Crippen molar-refractivity contribution >= 4 is 11.6 Å². The van der Waals surface area contributed by atoms with Crippen LogP contribution in [0.15, 0.2) is 42.6 Å². The minimum absolute atomic E-state index is 0.0110. The minimum Gasteiger partial charge on any atom is -0.399 e. The van der Waals surface area contributed by atoms with E-state index in [4.69, 9.17) is 5.73 Å². The predicted molar refractivity (Wildman–Crippen MR) is 73.5 cm³/mol. The zero-order valence-electron chi connectivity index (χ0n) is 10.5. The highest BCUT2D eigenvalue weighted by Gasteiger charge is 2.22. The molecule has 1 aromatic carbocycles. The molecule has 0 spiro atoms. The number of nitrogen functional groups attached to an aromatic ring is 1. The molecular weight excluding hydrogens is 238 g/mol. The van der Waals surface area contributed by atoms with Gasteiger partial charge in [0.1, 0.15) is 5.69 Å². The van der Waals surface area contributed by atoms with Crippen LogP contribution in [0.4, 0.5) is 5.69 Å². The number of nitrogens with two attached hydrogens (primary N) is 1. The smallest absolute Gasteiger partial charge is 0.272 e. The molecule has 1 amide bonds. The maximum Gasteiger partial charge on any atom is 0.272 e. The topological polar surface area (TPSA) is 59.2 Å². The van der Waals surface area contributed by atoms with E-state index >= 15 is 0 Å². The summed E-state index contributed by atoms with van der Waals surface area (Å²) in [5, 5.41) is 0. The molecule has 19 heavy (non-hydrogen) atoms. The van der Waals surface area contributed by atoms with Crippen LogP contribution >= 0.6 is 0 Å². The quantitative estimate of drug-likeness (QED) is 0.789. The number of carbonyl (C=O) groups is 1. The first-order chi connectivity index (χ1) is 9.24. The lowest BCUT2D eigenvalue weighted by Crippen LogP contribution is -2.36. The van der Waals surface area contributed by atoms with Gasteiger partial charge in [-0.15, -0.1) is 0 Å². The summed E-state index contributed by atoms with van der Waals surface area (Å²) in [5.74, 6) is -0.0110. The van der Waals surface area contributed by atoms with Crippen LogP contribution in [-0.4, -0.2) is 22.3 Å². The molecule has 4 heteroatoms. The Balaban J connectivity index is 1.82. The van der Waals surface area contributed by atoms with Gasteiger partial charge in [0.05, 0.1) is 0 Å². The highest BCUT2D eigenvalue weighted by atomic mass is 16.2. The van der Waals surface area contributed by atoms with Crippen molar-refractivity contribution in [3.8, 4) is 0 Å². The van der Waals surface area contributed by atoms with E-state index in [1.807, 2.05) is 35.2 Å². The van der Waals surface area contributed by atoms with Gasteiger partial charge in [0.2, 0.25) is 0 Å². The van der Waals surface area contributed by atoms with Gasteiger partial charge in [-0.3, -0.25) is 9.78 Å². The molecule has 2 N–H and O–H groups in total. The monoisotopic (exact) mass is 253 g/mol. The molecular formula is C15H15N3O. The van der Waals surface area contributed by atoms with E-state index in [0.717, 1.165) is 12.1 Å². The minimum atomic E-state index is -0.0110. The number of carbonyl (C=O) groups excluding carboxylic acids is 1. The molecule has 2 aromatic rings. The van der Waals surface area contributed by atoms with Gasteiger partial charge in [0.25, 0.3) is 5.91 Å². The Bertz CT molecular complexity index is 610. The molecule has 0 aliphatic carbocycles. The van der Waals surface area contributed by atoms with Gasteiger partial charge in [-0.1, -0.05) is 12.1 Å². The number of hydrogen-bond donors (Lipinski definition) is 1. The molecule has 0 fully saturated rings. The van der Waals surface area contributed by atoms with Crippen LogP contribution in [0.1, 0.15) is 21.6 Å². The van der Waals surface area contributed by atoms with Gasteiger partial charge >= 0.3 is 0 Å². The number of aromatic nitrogens is 1. The average Bonchev–Trinajstić information content (AvgIpc) is 2.47. The molecule has 0 bridgehead atoms. The number of hydrogen-bond acceptors (Lipinski definition) is 3. The van der Waals surface area contributed by atoms with Gasteiger partial charge in [0, 0.05) is 25.0 Å². The Morgan fingerprint density at radius 2 is 2.11 bits per heavy atom. The lowest BCUT2D eigenvalue weighted by atomic mass is 9.99. The fourth-order valence-electron chi connectivity index (χ4n) is 2.40. The Labute approximate surface area is 111 Å². The molecule has 0 saturated carbocycles. The zero-order valence-corrected chi connectivity index (χ0v) is 10.5. The Kier molecular flexibility index (Phi) is 2.91. The highest BCUT2D eigenvalue weighted by molar-refractivity contribution is 5.92. The molecule has 2 heterocycles. The van der Waals surface area contributed by atoms with Gasteiger partial charge in [-0.2, -0.15) is 0 Å². The van der Waals surface area contributed by atoms with Gasteiger partial charge in [0.15, 0.2) is 0 Å². The second kappa shape index (κ2) is 4.72. The van der Waals surface area contributed by atoms with Crippen LogP contribution in [0.3, 0.4) is 0 Å². The normalized spacial score (nSPS) is 14.0. The molecule has 3 rings (SSSR count). The van der Waals surface area contributed by atoms with E-state index in [1.165, 1.54) is 11.1 Å². The summed E-state index contributed by atoms with van der Waals surface area (Å²) in [6, 6.07) is 11.3. The predicted octanol–water partition coefficient (Wildman–Crippen LogP) is 1.86. The SMILES string of the molecule is Nc1ccc2c(c1)CCN(C(=O)c1ccccn1)C2. The lowest BCUT2D eigenvalue weighted by Gasteiger charge is -2.28. The maximum atomic E-state index is 12.3. The molecule has 4 nitrogen and oxygen atoms in total. The summed E-state index contributed by atoms with van der Waals surface area (Å²) in [5.41, 5.74) is 9.47. The van der Waals surface area contributed by atoms with Crippen LogP contribution < -0.4 is 5.73 Å². The van der Waals surface area contributed by atoms with Crippen molar-refractivity contribution in [2.75, 3.05) is 12.3 Å². The fraction of sp³-hybridized carbons (Fsp3) is 0.200. The molecule has 0 saturated heterocycles. The first-order valence-corrected chi connectivity index (χ1v) is 6.31. The summed E-state index contributed by atoms with van der Waals surface area (Å²) in [7, 11) is 0. The molecule has 1 aromatic heterocycles. The summed E-state index contributed by atoms with van der Waals surface area (Å²) in [6.45, 7) is 1.34. The highest BCUT2D eigenvalue weighted by Crippen LogP contribution is 2.22. The van der Waals surface area contributed by atoms with Crippen molar-refractivity contribution in [2.24, 2.45) is 0 Å². The number of rotatable bonds is 1. The second-order valence-corrected chi connectivity index (χ2v) is 4.72. The lowest BCUT2D eigenvalue weighted by molar-refractivity contribution is 0.0729. The summed E-state index contributed by atoms with van der Waals surface area (Å²) in [6.07, 6.45) is 2.49. The van der Waals surface area contributed by atoms with Gasteiger partial charge in [-0.05, 0) is 41.8 Å². The maximum absolute atomic E-state index is 12.3. The summed E-state index contributed by atoms with van der Waals surface area (Å²) >= 11 is 0. The van der Waals surface area contributed by atoms with Crippen LogP contribution in [0.25, 0.3) is 0 Å². The van der Waals surface area contributed by atoms with Crippen molar-refractivity contribution in [3.05, 3.63) is 59.4 Å². The molecule has 0 atom stereocenters. The van der Waals surface area contributed by atoms with Gasteiger partial charge in [-0.25, -0.2) is 0 Å². The van der Waals surface area contributed by atoms with E-state index in [9.17, 15) is 4.79 Å². The molecule has 1 aliphatic rings. The number of pyridine rings is 1. The number of benzene rings is 1. The first-order valence-electron chi connectivity index (χ1n) is 6.31. The first kappa shape index (κ1) is 11.7. The van der Waals surface area contributed by atoms with Crippen molar-refractivity contribution in [2.45, 2.75) is 13.0 Å². The zero-order chi connectivity index (χ0) is 13.2. The largest absolute Gasteiger partial charge is 0.399 e. The van der Waals surface area contributed by atoms with Crippen LogP contribution in [-0.2, 0) is 13.0 Å². The van der Waals surface area contributed by atoms with Crippen molar-refractivity contribution < 1.29 is 4.79 Å². The molecule has 0 radical (unpaired) electrons. The third-order valence-corrected chi connectivity index (χ3v) is 3.41. The van der Waals surface area contributed by atoms with Gasteiger partial charge < -0.3 is 10.6 Å². The number of anilines is 1. The molecule has 1 aliphatic heterocycles. The molecule has 0 unspecified atom stereocenters. The van der Waals surface area contributed by atoms with Crippen molar-refractivity contribution in [3.63, 3.8) is 0 Å². The third-order valence-electron chi connectivity index (χ3n) is 3.41. The number of nitrogens with zero attached hydrogens (tertiary/aromatic N) is 2. The Hall–Kier alpha value is -2.36. The molecule has 96 valence electrons. The number of amides is 1. The third kappa shape index (κ3) is 2.29. The van der Waals surface area contributed by atoms with Crippen LogP contribution in [0.2, 0.25) is 0 Å². The van der Waals surface area contributed by atoms with E-state index < -0.39 is 0 Å². The summed E-state index contributed by atoms with van der Waals surface area (Å²) in [4.78, 5) is 18.3. The van der Waals surface area contributed by atoms with Crippen LogP contribution in [0, 0.1) is 0 Å².